The Kier molecular flexibility index (Phi) is 2.47. The molecule has 1 heteroatoms. The molecule has 1 heterocycles. The molecular weight excluding hydrogens is 136 g/mol. The average Bonchev–Trinajstić information content (AvgIpc) is 2.58. The fourth-order valence-corrected chi connectivity index (χ4v) is 2.62. The topological polar surface area (TPSA) is 9.23 Å². The van der Waals surface area contributed by atoms with Gasteiger partial charge in [0.05, 0.1) is 0 Å². The van der Waals surface area contributed by atoms with Gasteiger partial charge in [-0.1, -0.05) is 25.7 Å². The van der Waals surface area contributed by atoms with Crippen molar-refractivity contribution in [3.63, 3.8) is 0 Å². The molecule has 0 amide bonds. The van der Waals surface area contributed by atoms with Crippen LogP contribution in [0.1, 0.15) is 38.5 Å². The van der Waals surface area contributed by atoms with E-state index in [-0.39, 0.29) is 0 Å². The maximum absolute atomic E-state index is 5.36. The van der Waals surface area contributed by atoms with Crippen molar-refractivity contribution >= 4 is 0 Å². The Morgan fingerprint density at radius 3 is 1.91 bits per heavy atom. The first-order valence-electron chi connectivity index (χ1n) is 5.04. The van der Waals surface area contributed by atoms with E-state index in [1.165, 1.54) is 38.5 Å². The van der Waals surface area contributed by atoms with Gasteiger partial charge in [-0.2, -0.15) is 0 Å². The van der Waals surface area contributed by atoms with Gasteiger partial charge in [0.25, 0.3) is 0 Å². The monoisotopic (exact) mass is 154 g/mol. The van der Waals surface area contributed by atoms with Crippen LogP contribution in [0.5, 0.6) is 0 Å². The highest BCUT2D eigenvalue weighted by atomic mass is 16.5. The van der Waals surface area contributed by atoms with E-state index in [0.29, 0.717) is 0 Å². The molecule has 1 saturated carbocycles. The molecule has 1 aliphatic carbocycles. The molecule has 0 atom stereocenters. The third-order valence-electron chi connectivity index (χ3n) is 3.33. The van der Waals surface area contributed by atoms with Gasteiger partial charge in [0.1, 0.15) is 0 Å². The zero-order valence-corrected chi connectivity index (χ0v) is 7.22. The summed E-state index contributed by atoms with van der Waals surface area (Å²) in [7, 11) is 0. The van der Waals surface area contributed by atoms with Crippen LogP contribution in [-0.4, -0.2) is 13.2 Å². The second kappa shape index (κ2) is 3.57. The first-order valence-corrected chi connectivity index (χ1v) is 5.04. The minimum Gasteiger partial charge on any atom is -0.381 e. The fourth-order valence-electron chi connectivity index (χ4n) is 2.62. The van der Waals surface area contributed by atoms with Gasteiger partial charge in [0.2, 0.25) is 0 Å². The maximum atomic E-state index is 5.36. The Morgan fingerprint density at radius 2 is 1.27 bits per heavy atom. The molecule has 2 fully saturated rings. The number of ether oxygens (including phenoxy) is 1. The zero-order valence-electron chi connectivity index (χ0n) is 7.22. The minimum absolute atomic E-state index is 1.02. The SMILES string of the molecule is C1CCC(C2CCOCC2)C1. The zero-order chi connectivity index (χ0) is 7.52. The normalized spacial score (nSPS) is 29.5. The van der Waals surface area contributed by atoms with E-state index in [1.807, 2.05) is 0 Å². The van der Waals surface area contributed by atoms with E-state index in [1.54, 1.807) is 0 Å². The second-order valence-corrected chi connectivity index (χ2v) is 3.99. The largest absolute Gasteiger partial charge is 0.381 e. The van der Waals surface area contributed by atoms with Crippen LogP contribution < -0.4 is 0 Å². The number of hydrogen-bond acceptors (Lipinski definition) is 1. The Balaban J connectivity index is 1.82. The quantitative estimate of drug-likeness (QED) is 0.564. The second-order valence-electron chi connectivity index (χ2n) is 3.99. The molecule has 2 rings (SSSR count). The van der Waals surface area contributed by atoms with Crippen molar-refractivity contribution in [3.05, 3.63) is 0 Å². The van der Waals surface area contributed by atoms with Crippen LogP contribution in [0.2, 0.25) is 0 Å². The summed E-state index contributed by atoms with van der Waals surface area (Å²) >= 11 is 0. The first kappa shape index (κ1) is 7.60. The Labute approximate surface area is 69.1 Å². The molecule has 1 saturated heterocycles. The van der Waals surface area contributed by atoms with Gasteiger partial charge in [0.15, 0.2) is 0 Å². The fraction of sp³-hybridized carbons (Fsp3) is 1.00. The van der Waals surface area contributed by atoms with Crippen LogP contribution in [0.25, 0.3) is 0 Å². The lowest BCUT2D eigenvalue weighted by Gasteiger charge is -2.27. The molecule has 2 aliphatic rings. The summed E-state index contributed by atoms with van der Waals surface area (Å²) in [6, 6.07) is 0. The van der Waals surface area contributed by atoms with Crippen molar-refractivity contribution in [2.24, 2.45) is 11.8 Å². The van der Waals surface area contributed by atoms with Crippen molar-refractivity contribution in [2.45, 2.75) is 38.5 Å². The van der Waals surface area contributed by atoms with Crippen molar-refractivity contribution in [1.29, 1.82) is 0 Å². The Hall–Kier alpha value is -0.0400. The van der Waals surface area contributed by atoms with Crippen LogP contribution in [0.15, 0.2) is 0 Å². The molecule has 0 aromatic carbocycles. The van der Waals surface area contributed by atoms with Gasteiger partial charge in [-0.05, 0) is 24.7 Å². The molecule has 1 nitrogen and oxygen atoms in total. The first-order chi connectivity index (χ1) is 5.47. The smallest absolute Gasteiger partial charge is 0.0468 e. The molecule has 0 aromatic heterocycles. The predicted octanol–water partition coefficient (Wildman–Crippen LogP) is 2.60. The van der Waals surface area contributed by atoms with Gasteiger partial charge in [0, 0.05) is 13.2 Å². The van der Waals surface area contributed by atoms with Crippen LogP contribution in [0.4, 0.5) is 0 Å². The van der Waals surface area contributed by atoms with E-state index in [9.17, 15) is 0 Å². The summed E-state index contributed by atoms with van der Waals surface area (Å²) < 4.78 is 5.36. The lowest BCUT2D eigenvalue weighted by atomic mass is 9.85. The highest BCUT2D eigenvalue weighted by molar-refractivity contribution is 4.76. The van der Waals surface area contributed by atoms with Crippen LogP contribution in [0, 0.1) is 11.8 Å². The molecule has 0 aromatic rings. The lowest BCUT2D eigenvalue weighted by Crippen LogP contribution is -2.21. The van der Waals surface area contributed by atoms with Gasteiger partial charge < -0.3 is 4.74 Å². The van der Waals surface area contributed by atoms with E-state index in [4.69, 9.17) is 4.74 Å². The van der Waals surface area contributed by atoms with E-state index >= 15 is 0 Å². The minimum atomic E-state index is 1.02. The van der Waals surface area contributed by atoms with Crippen molar-refractivity contribution < 1.29 is 4.74 Å². The van der Waals surface area contributed by atoms with Crippen molar-refractivity contribution in [1.82, 2.24) is 0 Å². The Morgan fingerprint density at radius 1 is 0.727 bits per heavy atom. The highest BCUT2D eigenvalue weighted by Gasteiger charge is 2.26. The van der Waals surface area contributed by atoms with E-state index in [2.05, 4.69) is 0 Å². The molecule has 11 heavy (non-hydrogen) atoms. The molecule has 0 N–H and O–H groups in total. The summed E-state index contributed by atoms with van der Waals surface area (Å²) in [6.07, 6.45) is 8.66. The standard InChI is InChI=1S/C10H18O/c1-2-4-9(3-1)10-5-7-11-8-6-10/h9-10H,1-8H2. The average molecular weight is 154 g/mol. The summed E-state index contributed by atoms with van der Waals surface area (Å²) in [6.45, 7) is 2.06. The Bertz CT molecular complexity index is 110. The highest BCUT2D eigenvalue weighted by Crippen LogP contribution is 2.36. The third-order valence-corrected chi connectivity index (χ3v) is 3.33. The lowest BCUT2D eigenvalue weighted by molar-refractivity contribution is 0.0476. The molecular formula is C10H18O. The summed E-state index contributed by atoms with van der Waals surface area (Å²) in [5.41, 5.74) is 0. The van der Waals surface area contributed by atoms with Crippen LogP contribution >= 0.6 is 0 Å². The van der Waals surface area contributed by atoms with Crippen LogP contribution in [0.3, 0.4) is 0 Å². The summed E-state index contributed by atoms with van der Waals surface area (Å²) in [4.78, 5) is 0. The third kappa shape index (κ3) is 1.76. The predicted molar refractivity (Wildman–Crippen MR) is 45.5 cm³/mol. The van der Waals surface area contributed by atoms with E-state index in [0.717, 1.165) is 25.0 Å². The molecule has 1 aliphatic heterocycles. The number of rotatable bonds is 1. The maximum Gasteiger partial charge on any atom is 0.0468 e. The molecule has 0 spiro atoms. The summed E-state index contributed by atoms with van der Waals surface area (Å²) in [5.74, 6) is 2.09. The molecule has 64 valence electrons. The summed E-state index contributed by atoms with van der Waals surface area (Å²) in [5, 5.41) is 0. The van der Waals surface area contributed by atoms with Gasteiger partial charge >= 0.3 is 0 Å². The molecule has 0 unspecified atom stereocenters. The van der Waals surface area contributed by atoms with Gasteiger partial charge in [-0.25, -0.2) is 0 Å². The molecule has 0 radical (unpaired) electrons. The van der Waals surface area contributed by atoms with Crippen molar-refractivity contribution in [3.8, 4) is 0 Å². The van der Waals surface area contributed by atoms with Gasteiger partial charge in [-0.15, -0.1) is 0 Å². The van der Waals surface area contributed by atoms with Crippen LogP contribution in [-0.2, 0) is 4.74 Å². The molecule has 0 bridgehead atoms. The van der Waals surface area contributed by atoms with E-state index < -0.39 is 0 Å². The number of hydrogen-bond donors (Lipinski definition) is 0. The van der Waals surface area contributed by atoms with Gasteiger partial charge in [-0.3, -0.25) is 0 Å². The van der Waals surface area contributed by atoms with Crippen molar-refractivity contribution in [2.75, 3.05) is 13.2 Å².